The number of aliphatic hydroxyl groups is 1. The van der Waals surface area contributed by atoms with Gasteiger partial charge >= 0.3 is 12.1 Å². The second kappa shape index (κ2) is 4.73. The highest BCUT2D eigenvalue weighted by Gasteiger charge is 2.42. The van der Waals surface area contributed by atoms with E-state index in [1.54, 1.807) is 0 Å². The highest BCUT2D eigenvalue weighted by molar-refractivity contribution is 7.95. The Morgan fingerprint density at radius 3 is 2.06 bits per heavy atom. The van der Waals surface area contributed by atoms with Gasteiger partial charge in [-0.05, 0) is 6.92 Å². The molecule has 0 aromatic carbocycles. The molecule has 0 rings (SSSR count). The van der Waals surface area contributed by atoms with Crippen LogP contribution >= 0.6 is 0 Å². The summed E-state index contributed by atoms with van der Waals surface area (Å²) in [6.07, 6.45) is -4.97. The van der Waals surface area contributed by atoms with Crippen LogP contribution in [0.4, 0.5) is 13.2 Å². The summed E-state index contributed by atoms with van der Waals surface area (Å²) in [5.74, 6) is -4.21. The lowest BCUT2D eigenvalue weighted by Gasteiger charge is -2.10. The number of halogens is 3. The lowest BCUT2D eigenvalue weighted by molar-refractivity contribution is -0.141. The number of rotatable bonds is 3. The summed E-state index contributed by atoms with van der Waals surface area (Å²) in [6, 6.07) is 0. The third kappa shape index (κ3) is 3.72. The molecular formula is C7H9F3O5S. The summed E-state index contributed by atoms with van der Waals surface area (Å²) >= 11 is 0. The van der Waals surface area contributed by atoms with Crippen LogP contribution in [0.2, 0.25) is 0 Å². The van der Waals surface area contributed by atoms with Gasteiger partial charge in [0.15, 0.2) is 14.7 Å². The van der Waals surface area contributed by atoms with Gasteiger partial charge in [-0.25, -0.2) is 13.2 Å². The van der Waals surface area contributed by atoms with Crippen molar-refractivity contribution in [2.75, 3.05) is 12.9 Å². The normalized spacial score (nSPS) is 14.3. The molecule has 0 unspecified atom stereocenters. The fraction of sp³-hybridized carbons (Fsp3) is 0.571. The summed E-state index contributed by atoms with van der Waals surface area (Å²) in [6.45, 7) is 0.964. The Morgan fingerprint density at radius 1 is 1.38 bits per heavy atom. The van der Waals surface area contributed by atoms with E-state index >= 15 is 0 Å². The minimum absolute atomic E-state index is 0.316. The van der Waals surface area contributed by atoms with E-state index in [9.17, 15) is 26.4 Å². The molecule has 0 fully saturated rings. The molecule has 0 atom stereocenters. The lowest BCUT2D eigenvalue weighted by atomic mass is 10.4. The third-order valence-corrected chi connectivity index (χ3v) is 2.42. The lowest BCUT2D eigenvalue weighted by Crippen LogP contribution is -2.24. The number of allylic oxidation sites excluding steroid dienone is 1. The quantitative estimate of drug-likeness (QED) is 0.465. The number of alkyl halides is 3. The Balaban J connectivity index is 5.72. The topological polar surface area (TPSA) is 80.7 Å². The van der Waals surface area contributed by atoms with Gasteiger partial charge in [0.1, 0.15) is 0 Å². The van der Waals surface area contributed by atoms with Gasteiger partial charge in [0, 0.05) is 6.26 Å². The summed E-state index contributed by atoms with van der Waals surface area (Å²) in [4.78, 5) is 9.17. The molecule has 9 heteroatoms. The van der Waals surface area contributed by atoms with Crippen molar-refractivity contribution >= 4 is 15.8 Å². The van der Waals surface area contributed by atoms with Crippen molar-refractivity contribution in [2.45, 2.75) is 13.1 Å². The molecule has 0 amide bonds. The zero-order chi connectivity index (χ0) is 13.1. The number of hydrogen-bond acceptors (Lipinski definition) is 5. The molecule has 16 heavy (non-hydrogen) atoms. The van der Waals surface area contributed by atoms with E-state index in [-0.39, 0.29) is 6.61 Å². The third-order valence-electron chi connectivity index (χ3n) is 1.32. The summed E-state index contributed by atoms with van der Waals surface area (Å²) in [5.41, 5.74) is 0. The number of aliphatic hydroxyl groups excluding tert-OH is 1. The highest BCUT2D eigenvalue weighted by atomic mass is 32.2. The first kappa shape index (κ1) is 14.8. The van der Waals surface area contributed by atoms with Crippen molar-refractivity contribution in [3.63, 3.8) is 0 Å². The van der Waals surface area contributed by atoms with Crippen LogP contribution in [0.15, 0.2) is 10.7 Å². The van der Waals surface area contributed by atoms with Crippen molar-refractivity contribution in [1.82, 2.24) is 0 Å². The molecule has 0 heterocycles. The Kier molecular flexibility index (Phi) is 4.36. The van der Waals surface area contributed by atoms with Crippen molar-refractivity contribution in [3.8, 4) is 0 Å². The van der Waals surface area contributed by atoms with E-state index in [1.165, 1.54) is 6.92 Å². The first-order chi connectivity index (χ1) is 7.01. The average molecular weight is 262 g/mol. The van der Waals surface area contributed by atoms with Gasteiger partial charge in [0.2, 0.25) is 5.76 Å². The molecule has 0 aromatic heterocycles. The molecule has 0 saturated heterocycles. The van der Waals surface area contributed by atoms with Gasteiger partial charge < -0.3 is 9.84 Å². The van der Waals surface area contributed by atoms with Crippen LogP contribution in [0.25, 0.3) is 0 Å². The first-order valence-corrected chi connectivity index (χ1v) is 5.78. The SMILES string of the molecule is CCOC(=O)/C(=C(\O)C(F)(F)F)S(C)(=O)=O. The summed E-state index contributed by atoms with van der Waals surface area (Å²) < 4.78 is 62.1. The summed E-state index contributed by atoms with van der Waals surface area (Å²) in [5, 5.41) is 8.65. The van der Waals surface area contributed by atoms with Crippen LogP contribution in [-0.2, 0) is 19.4 Å². The zero-order valence-electron chi connectivity index (χ0n) is 8.33. The van der Waals surface area contributed by atoms with Gasteiger partial charge in [-0.2, -0.15) is 13.2 Å². The van der Waals surface area contributed by atoms with Gasteiger partial charge in [0.25, 0.3) is 0 Å². The fourth-order valence-electron chi connectivity index (χ4n) is 0.749. The van der Waals surface area contributed by atoms with Crippen molar-refractivity contribution in [1.29, 1.82) is 0 Å². The van der Waals surface area contributed by atoms with E-state index in [1.807, 2.05) is 0 Å². The molecule has 0 spiro atoms. The predicted octanol–water partition coefficient (Wildman–Crippen LogP) is 0.926. The van der Waals surface area contributed by atoms with Gasteiger partial charge in [-0.3, -0.25) is 0 Å². The number of carbonyl (C=O) groups excluding carboxylic acids is 1. The molecule has 0 saturated carbocycles. The number of sulfone groups is 1. The maximum absolute atomic E-state index is 12.1. The molecule has 0 aromatic rings. The Morgan fingerprint density at radius 2 is 1.81 bits per heavy atom. The maximum atomic E-state index is 12.1. The van der Waals surface area contributed by atoms with Crippen LogP contribution in [-0.4, -0.2) is 38.5 Å². The number of ether oxygens (including phenoxy) is 1. The second-order valence-corrected chi connectivity index (χ2v) is 4.62. The fourth-order valence-corrected chi connectivity index (χ4v) is 1.58. The van der Waals surface area contributed by atoms with E-state index in [0.29, 0.717) is 6.26 Å². The smallest absolute Gasteiger partial charge is 0.450 e. The molecule has 0 aliphatic rings. The number of esters is 1. The number of hydrogen-bond donors (Lipinski definition) is 1. The van der Waals surface area contributed by atoms with Gasteiger partial charge in [-0.15, -0.1) is 0 Å². The van der Waals surface area contributed by atoms with Crippen LogP contribution in [0.3, 0.4) is 0 Å². The molecule has 0 aliphatic heterocycles. The van der Waals surface area contributed by atoms with Crippen LogP contribution in [0.5, 0.6) is 0 Å². The van der Waals surface area contributed by atoms with Crippen LogP contribution in [0.1, 0.15) is 6.92 Å². The second-order valence-electron chi connectivity index (χ2n) is 2.67. The largest absolute Gasteiger partial charge is 0.503 e. The highest BCUT2D eigenvalue weighted by Crippen LogP contribution is 2.28. The van der Waals surface area contributed by atoms with Crippen molar-refractivity contribution < 1.29 is 36.2 Å². The molecule has 5 nitrogen and oxygen atoms in total. The zero-order valence-corrected chi connectivity index (χ0v) is 9.15. The molecule has 94 valence electrons. The monoisotopic (exact) mass is 262 g/mol. The first-order valence-electron chi connectivity index (χ1n) is 3.89. The van der Waals surface area contributed by atoms with Gasteiger partial charge in [-0.1, -0.05) is 0 Å². The Labute approximate surface area is 89.4 Å². The minimum atomic E-state index is -5.33. The summed E-state index contributed by atoms with van der Waals surface area (Å²) in [7, 11) is -4.53. The van der Waals surface area contributed by atoms with Gasteiger partial charge in [0.05, 0.1) is 6.61 Å². The van der Waals surface area contributed by atoms with Crippen molar-refractivity contribution in [3.05, 3.63) is 10.7 Å². The molecule has 0 aliphatic carbocycles. The average Bonchev–Trinajstić information content (AvgIpc) is 1.99. The van der Waals surface area contributed by atoms with Crippen molar-refractivity contribution in [2.24, 2.45) is 0 Å². The Hall–Kier alpha value is -1.25. The Bertz CT molecular complexity index is 406. The molecule has 0 radical (unpaired) electrons. The molecule has 0 bridgehead atoms. The van der Waals surface area contributed by atoms with E-state index in [0.717, 1.165) is 0 Å². The van der Waals surface area contributed by atoms with Crippen LogP contribution in [0, 0.1) is 0 Å². The molecule has 1 N–H and O–H groups in total. The maximum Gasteiger partial charge on any atom is 0.450 e. The van der Waals surface area contributed by atoms with E-state index in [2.05, 4.69) is 4.74 Å². The molecular weight excluding hydrogens is 253 g/mol. The van der Waals surface area contributed by atoms with Crippen LogP contribution < -0.4 is 0 Å². The van der Waals surface area contributed by atoms with E-state index in [4.69, 9.17) is 5.11 Å². The minimum Gasteiger partial charge on any atom is -0.503 e. The predicted molar refractivity (Wildman–Crippen MR) is 47.2 cm³/mol. The van der Waals surface area contributed by atoms with E-state index < -0.39 is 32.6 Å². The standard InChI is InChI=1S/C7H9F3O5S/c1-3-15-6(12)4(16(2,13)14)5(11)7(8,9)10/h11H,3H2,1-2H3/b5-4+. The number of carbonyl (C=O) groups is 1.